The number of anilines is 1. The van der Waals surface area contributed by atoms with E-state index in [1.165, 1.54) is 0 Å². The van der Waals surface area contributed by atoms with E-state index >= 15 is 0 Å². The van der Waals surface area contributed by atoms with E-state index in [2.05, 4.69) is 5.32 Å². The van der Waals surface area contributed by atoms with Crippen molar-refractivity contribution >= 4 is 5.69 Å². The Hall–Kier alpha value is -1.42. The Kier molecular flexibility index (Phi) is 4.01. The monoisotopic (exact) mass is 224 g/mol. The van der Waals surface area contributed by atoms with Crippen molar-refractivity contribution < 1.29 is 9.47 Å². The molecule has 1 aromatic carbocycles. The normalized spacial score (nSPS) is 11.1. The maximum absolute atomic E-state index is 5.66. The fourth-order valence-corrected chi connectivity index (χ4v) is 1.36. The largest absolute Gasteiger partial charge is 0.493 e. The Bertz CT molecular complexity index is 351. The van der Waals surface area contributed by atoms with Gasteiger partial charge in [-0.25, -0.2) is 0 Å². The second kappa shape index (κ2) is 5.07. The van der Waals surface area contributed by atoms with Gasteiger partial charge in [-0.15, -0.1) is 0 Å². The Morgan fingerprint density at radius 3 is 2.31 bits per heavy atom. The topological polar surface area (TPSA) is 56.5 Å². The second-order valence-electron chi connectivity index (χ2n) is 4.28. The summed E-state index contributed by atoms with van der Waals surface area (Å²) in [5.74, 6) is 1.43. The highest BCUT2D eigenvalue weighted by atomic mass is 16.5. The summed E-state index contributed by atoms with van der Waals surface area (Å²) in [6.07, 6.45) is 0. The lowest BCUT2D eigenvalue weighted by Gasteiger charge is -2.26. The van der Waals surface area contributed by atoms with E-state index in [0.29, 0.717) is 12.3 Å². The zero-order valence-electron chi connectivity index (χ0n) is 10.3. The maximum atomic E-state index is 5.66. The van der Waals surface area contributed by atoms with Crippen molar-refractivity contribution in [2.75, 3.05) is 26.1 Å². The van der Waals surface area contributed by atoms with Gasteiger partial charge in [0, 0.05) is 23.8 Å². The van der Waals surface area contributed by atoms with Gasteiger partial charge in [0.05, 0.1) is 14.2 Å². The Labute approximate surface area is 96.7 Å². The van der Waals surface area contributed by atoms with Crippen molar-refractivity contribution in [1.29, 1.82) is 0 Å². The quantitative estimate of drug-likeness (QED) is 0.801. The molecule has 4 heteroatoms. The number of nitrogens with two attached hydrogens (primary N) is 1. The van der Waals surface area contributed by atoms with Gasteiger partial charge < -0.3 is 20.5 Å². The molecule has 16 heavy (non-hydrogen) atoms. The first kappa shape index (κ1) is 12.6. The van der Waals surface area contributed by atoms with Gasteiger partial charge in [0.25, 0.3) is 0 Å². The van der Waals surface area contributed by atoms with Crippen molar-refractivity contribution in [3.05, 3.63) is 18.2 Å². The number of benzene rings is 1. The highest BCUT2D eigenvalue weighted by molar-refractivity contribution is 5.55. The first-order valence-corrected chi connectivity index (χ1v) is 5.22. The molecule has 0 aliphatic heterocycles. The predicted octanol–water partition coefficient (Wildman–Crippen LogP) is 1.85. The molecule has 0 unspecified atom stereocenters. The summed E-state index contributed by atoms with van der Waals surface area (Å²) < 4.78 is 10.4. The van der Waals surface area contributed by atoms with Crippen LogP contribution in [0.15, 0.2) is 18.2 Å². The van der Waals surface area contributed by atoms with Gasteiger partial charge in [-0.3, -0.25) is 0 Å². The number of rotatable bonds is 5. The molecule has 0 fully saturated rings. The van der Waals surface area contributed by atoms with E-state index in [1.54, 1.807) is 14.2 Å². The Morgan fingerprint density at radius 1 is 1.19 bits per heavy atom. The minimum absolute atomic E-state index is 0.139. The molecule has 0 saturated heterocycles. The van der Waals surface area contributed by atoms with E-state index in [4.69, 9.17) is 15.2 Å². The lowest BCUT2D eigenvalue weighted by molar-refractivity contribution is 0.355. The number of ether oxygens (including phenoxy) is 2. The van der Waals surface area contributed by atoms with E-state index in [9.17, 15) is 0 Å². The molecule has 0 saturated carbocycles. The highest BCUT2D eigenvalue weighted by Gasteiger charge is 2.15. The van der Waals surface area contributed by atoms with Gasteiger partial charge in [0.1, 0.15) is 0 Å². The lowest BCUT2D eigenvalue weighted by Crippen LogP contribution is -2.39. The van der Waals surface area contributed by atoms with Crippen LogP contribution in [0.5, 0.6) is 11.5 Å². The molecule has 0 aliphatic carbocycles. The third kappa shape index (κ3) is 3.03. The van der Waals surface area contributed by atoms with Crippen LogP contribution in [-0.4, -0.2) is 26.3 Å². The minimum atomic E-state index is -0.139. The Balaban J connectivity index is 2.91. The molecule has 1 aromatic rings. The van der Waals surface area contributed by atoms with Crippen LogP contribution in [0.3, 0.4) is 0 Å². The fourth-order valence-electron chi connectivity index (χ4n) is 1.36. The molecule has 0 radical (unpaired) electrons. The molecule has 4 nitrogen and oxygen atoms in total. The first-order valence-electron chi connectivity index (χ1n) is 5.22. The standard InChI is InChI=1S/C12H20N2O2/c1-12(2,8-13)14-9-5-6-10(15-3)11(7-9)16-4/h5-7,14H,8,13H2,1-4H3. The first-order chi connectivity index (χ1) is 7.52. The van der Waals surface area contributed by atoms with Gasteiger partial charge in [-0.05, 0) is 26.0 Å². The van der Waals surface area contributed by atoms with Crippen molar-refractivity contribution in [3.8, 4) is 11.5 Å². The molecular formula is C12H20N2O2. The van der Waals surface area contributed by atoms with Crippen molar-refractivity contribution in [2.24, 2.45) is 5.73 Å². The SMILES string of the molecule is COc1ccc(NC(C)(C)CN)cc1OC. The van der Waals surface area contributed by atoms with Crippen LogP contribution in [0.2, 0.25) is 0 Å². The van der Waals surface area contributed by atoms with Crippen molar-refractivity contribution in [2.45, 2.75) is 19.4 Å². The summed E-state index contributed by atoms with van der Waals surface area (Å²) in [7, 11) is 3.24. The molecule has 0 aliphatic rings. The van der Waals surface area contributed by atoms with Gasteiger partial charge in [0.2, 0.25) is 0 Å². The molecule has 0 amide bonds. The van der Waals surface area contributed by atoms with Gasteiger partial charge in [0.15, 0.2) is 11.5 Å². The molecule has 0 spiro atoms. The molecule has 0 atom stereocenters. The van der Waals surface area contributed by atoms with Crippen LogP contribution in [0.25, 0.3) is 0 Å². The second-order valence-corrected chi connectivity index (χ2v) is 4.28. The van der Waals surface area contributed by atoms with E-state index < -0.39 is 0 Å². The van der Waals surface area contributed by atoms with E-state index in [0.717, 1.165) is 11.4 Å². The maximum Gasteiger partial charge on any atom is 0.162 e. The van der Waals surface area contributed by atoms with Crippen LogP contribution in [-0.2, 0) is 0 Å². The van der Waals surface area contributed by atoms with Crippen molar-refractivity contribution in [1.82, 2.24) is 0 Å². The zero-order chi connectivity index (χ0) is 12.2. The summed E-state index contributed by atoms with van der Waals surface area (Å²) in [6.45, 7) is 4.65. The van der Waals surface area contributed by atoms with Crippen LogP contribution in [0.1, 0.15) is 13.8 Å². The van der Waals surface area contributed by atoms with E-state index in [-0.39, 0.29) is 5.54 Å². The van der Waals surface area contributed by atoms with Gasteiger partial charge in [-0.2, -0.15) is 0 Å². The summed E-state index contributed by atoms with van der Waals surface area (Å²) >= 11 is 0. The van der Waals surface area contributed by atoms with E-state index in [1.807, 2.05) is 32.0 Å². The van der Waals surface area contributed by atoms with Gasteiger partial charge >= 0.3 is 0 Å². The summed E-state index contributed by atoms with van der Waals surface area (Å²) in [4.78, 5) is 0. The summed E-state index contributed by atoms with van der Waals surface area (Å²) in [6, 6.07) is 5.71. The molecule has 0 heterocycles. The van der Waals surface area contributed by atoms with Crippen LogP contribution >= 0.6 is 0 Å². The lowest BCUT2D eigenvalue weighted by atomic mass is 10.1. The van der Waals surface area contributed by atoms with Crippen LogP contribution in [0, 0.1) is 0 Å². The summed E-state index contributed by atoms with van der Waals surface area (Å²) in [5, 5.41) is 3.33. The van der Waals surface area contributed by atoms with Crippen molar-refractivity contribution in [3.63, 3.8) is 0 Å². The highest BCUT2D eigenvalue weighted by Crippen LogP contribution is 2.30. The third-order valence-electron chi connectivity index (χ3n) is 2.38. The molecular weight excluding hydrogens is 204 g/mol. The third-order valence-corrected chi connectivity index (χ3v) is 2.38. The zero-order valence-corrected chi connectivity index (χ0v) is 10.3. The average Bonchev–Trinajstić information content (AvgIpc) is 2.28. The number of hydrogen-bond donors (Lipinski definition) is 2. The molecule has 0 aromatic heterocycles. The number of methoxy groups -OCH3 is 2. The van der Waals surface area contributed by atoms with Gasteiger partial charge in [-0.1, -0.05) is 0 Å². The predicted molar refractivity (Wildman–Crippen MR) is 66.3 cm³/mol. The number of nitrogens with one attached hydrogen (secondary N) is 1. The fraction of sp³-hybridized carbons (Fsp3) is 0.500. The van der Waals surface area contributed by atoms with Crippen LogP contribution in [0.4, 0.5) is 5.69 Å². The molecule has 90 valence electrons. The average molecular weight is 224 g/mol. The van der Waals surface area contributed by atoms with Crippen LogP contribution < -0.4 is 20.5 Å². The molecule has 0 bridgehead atoms. The summed E-state index contributed by atoms with van der Waals surface area (Å²) in [5.41, 5.74) is 6.49. The smallest absolute Gasteiger partial charge is 0.162 e. The molecule has 1 rings (SSSR count). The molecule has 3 N–H and O–H groups in total. The Morgan fingerprint density at radius 2 is 1.81 bits per heavy atom. The number of hydrogen-bond acceptors (Lipinski definition) is 4. The minimum Gasteiger partial charge on any atom is -0.493 e.